The van der Waals surface area contributed by atoms with Crippen LogP contribution in [0.15, 0.2) is 24.3 Å². The molecule has 1 saturated heterocycles. The predicted molar refractivity (Wildman–Crippen MR) is 64.5 cm³/mol. The molecule has 0 radical (unpaired) electrons. The number of hydrogen-bond acceptors (Lipinski definition) is 2. The molecule has 2 heteroatoms. The minimum absolute atomic E-state index is 0.0244. The summed E-state index contributed by atoms with van der Waals surface area (Å²) in [5.74, 6) is 0. The molecule has 0 amide bonds. The van der Waals surface area contributed by atoms with Crippen LogP contribution in [-0.4, -0.2) is 23.4 Å². The van der Waals surface area contributed by atoms with Gasteiger partial charge in [-0.25, -0.2) is 0 Å². The maximum Gasteiger partial charge on any atom is 0.0842 e. The molecular formula is C14H20O2. The first-order valence-electron chi connectivity index (χ1n) is 6.04. The van der Waals surface area contributed by atoms with E-state index in [9.17, 15) is 5.11 Å². The van der Waals surface area contributed by atoms with Gasteiger partial charge in [-0.05, 0) is 32.3 Å². The number of aliphatic hydroxyl groups excluding tert-OH is 1. The molecule has 1 fully saturated rings. The first kappa shape index (κ1) is 11.6. The van der Waals surface area contributed by atoms with Crippen molar-refractivity contribution in [3.8, 4) is 0 Å². The summed E-state index contributed by atoms with van der Waals surface area (Å²) in [4.78, 5) is 0. The van der Waals surface area contributed by atoms with Crippen molar-refractivity contribution in [1.82, 2.24) is 0 Å². The summed E-state index contributed by atoms with van der Waals surface area (Å²) in [7, 11) is 0. The van der Waals surface area contributed by atoms with Crippen molar-refractivity contribution in [2.45, 2.75) is 51.4 Å². The van der Waals surface area contributed by atoms with E-state index in [2.05, 4.69) is 38.1 Å². The van der Waals surface area contributed by atoms with Crippen LogP contribution in [0, 0.1) is 6.92 Å². The number of hydrogen-bond donors (Lipinski definition) is 1. The molecule has 0 aromatic heterocycles. The van der Waals surface area contributed by atoms with Crippen LogP contribution in [0.3, 0.4) is 0 Å². The van der Waals surface area contributed by atoms with Crippen LogP contribution in [0.25, 0.3) is 0 Å². The lowest BCUT2D eigenvalue weighted by atomic mass is 10.0. The smallest absolute Gasteiger partial charge is 0.0842 e. The Morgan fingerprint density at radius 1 is 1.31 bits per heavy atom. The van der Waals surface area contributed by atoms with E-state index in [1.165, 1.54) is 11.1 Å². The Balaban J connectivity index is 1.91. The predicted octanol–water partition coefficient (Wildman–Crippen LogP) is 2.47. The van der Waals surface area contributed by atoms with Gasteiger partial charge in [0, 0.05) is 6.42 Å². The molecule has 1 aliphatic heterocycles. The molecular weight excluding hydrogens is 200 g/mol. The van der Waals surface area contributed by atoms with E-state index < -0.39 is 0 Å². The second kappa shape index (κ2) is 4.98. The van der Waals surface area contributed by atoms with E-state index in [0.717, 1.165) is 12.8 Å². The second-order valence-corrected chi connectivity index (χ2v) is 4.82. The van der Waals surface area contributed by atoms with Crippen molar-refractivity contribution in [1.29, 1.82) is 0 Å². The molecule has 0 bridgehead atoms. The van der Waals surface area contributed by atoms with Crippen molar-refractivity contribution in [2.75, 3.05) is 0 Å². The molecule has 0 saturated carbocycles. The van der Waals surface area contributed by atoms with Crippen LogP contribution in [0.2, 0.25) is 0 Å². The number of rotatable bonds is 3. The Bertz CT molecular complexity index is 331. The monoisotopic (exact) mass is 220 g/mol. The average molecular weight is 220 g/mol. The molecule has 3 atom stereocenters. The lowest BCUT2D eigenvalue weighted by molar-refractivity contribution is -0.0278. The molecule has 1 N–H and O–H groups in total. The zero-order valence-electron chi connectivity index (χ0n) is 10.0. The van der Waals surface area contributed by atoms with Gasteiger partial charge in [-0.3, -0.25) is 0 Å². The molecule has 2 nitrogen and oxygen atoms in total. The molecule has 16 heavy (non-hydrogen) atoms. The van der Waals surface area contributed by atoms with E-state index in [1.807, 2.05) is 0 Å². The van der Waals surface area contributed by atoms with E-state index in [4.69, 9.17) is 4.74 Å². The maximum absolute atomic E-state index is 10.1. The third kappa shape index (κ3) is 2.83. The molecule has 3 unspecified atom stereocenters. The zero-order chi connectivity index (χ0) is 11.5. The molecule has 1 heterocycles. The summed E-state index contributed by atoms with van der Waals surface area (Å²) in [5, 5.41) is 10.1. The number of benzene rings is 1. The zero-order valence-corrected chi connectivity index (χ0v) is 10.0. The first-order valence-corrected chi connectivity index (χ1v) is 6.04. The first-order chi connectivity index (χ1) is 7.65. The summed E-state index contributed by atoms with van der Waals surface area (Å²) in [6, 6.07) is 8.33. The van der Waals surface area contributed by atoms with E-state index in [0.29, 0.717) is 12.5 Å². The normalized spacial score (nSPS) is 26.9. The van der Waals surface area contributed by atoms with Crippen LogP contribution in [-0.2, 0) is 11.2 Å². The van der Waals surface area contributed by atoms with Crippen LogP contribution in [0.1, 0.15) is 30.9 Å². The fourth-order valence-corrected chi connectivity index (χ4v) is 2.21. The SMILES string of the molecule is Cc1ccc(CC(O)C2CCC(C)O2)cc1. The number of aliphatic hydroxyl groups is 1. The Kier molecular flexibility index (Phi) is 3.62. The number of aryl methyl sites for hydroxylation is 1. The van der Waals surface area contributed by atoms with Gasteiger partial charge in [0.15, 0.2) is 0 Å². The van der Waals surface area contributed by atoms with Gasteiger partial charge in [-0.1, -0.05) is 29.8 Å². The van der Waals surface area contributed by atoms with Gasteiger partial charge in [0.2, 0.25) is 0 Å². The molecule has 2 rings (SSSR count). The van der Waals surface area contributed by atoms with E-state index in [1.54, 1.807) is 0 Å². The number of ether oxygens (including phenoxy) is 1. The van der Waals surface area contributed by atoms with Crippen molar-refractivity contribution < 1.29 is 9.84 Å². The van der Waals surface area contributed by atoms with Gasteiger partial charge >= 0.3 is 0 Å². The summed E-state index contributed by atoms with van der Waals surface area (Å²) in [6.07, 6.45) is 2.70. The molecule has 1 aliphatic rings. The van der Waals surface area contributed by atoms with Crippen LogP contribution >= 0.6 is 0 Å². The van der Waals surface area contributed by atoms with Crippen LogP contribution in [0.5, 0.6) is 0 Å². The third-order valence-electron chi connectivity index (χ3n) is 3.26. The topological polar surface area (TPSA) is 29.5 Å². The molecule has 0 spiro atoms. The molecule has 0 aliphatic carbocycles. The second-order valence-electron chi connectivity index (χ2n) is 4.82. The summed E-state index contributed by atoms with van der Waals surface area (Å²) in [5.41, 5.74) is 2.44. The standard InChI is InChI=1S/C14H20O2/c1-10-3-6-12(7-4-10)9-13(15)14-8-5-11(2)16-14/h3-4,6-7,11,13-15H,5,8-9H2,1-2H3. The van der Waals surface area contributed by atoms with Gasteiger partial charge in [0.25, 0.3) is 0 Å². The highest BCUT2D eigenvalue weighted by molar-refractivity contribution is 5.22. The van der Waals surface area contributed by atoms with Crippen molar-refractivity contribution in [3.63, 3.8) is 0 Å². The lowest BCUT2D eigenvalue weighted by Gasteiger charge is -2.18. The van der Waals surface area contributed by atoms with E-state index in [-0.39, 0.29) is 12.2 Å². The minimum Gasteiger partial charge on any atom is -0.390 e. The Morgan fingerprint density at radius 3 is 2.56 bits per heavy atom. The maximum atomic E-state index is 10.1. The van der Waals surface area contributed by atoms with Crippen LogP contribution in [0.4, 0.5) is 0 Å². The Hall–Kier alpha value is -0.860. The minimum atomic E-state index is -0.368. The summed E-state index contributed by atoms with van der Waals surface area (Å²) < 4.78 is 5.67. The van der Waals surface area contributed by atoms with Gasteiger partial charge in [0.1, 0.15) is 0 Å². The Labute approximate surface area is 97.3 Å². The van der Waals surface area contributed by atoms with Crippen molar-refractivity contribution in [2.24, 2.45) is 0 Å². The highest BCUT2D eigenvalue weighted by atomic mass is 16.5. The fraction of sp³-hybridized carbons (Fsp3) is 0.571. The average Bonchev–Trinajstić information content (AvgIpc) is 2.68. The van der Waals surface area contributed by atoms with E-state index >= 15 is 0 Å². The van der Waals surface area contributed by atoms with Crippen molar-refractivity contribution >= 4 is 0 Å². The quantitative estimate of drug-likeness (QED) is 0.848. The summed E-state index contributed by atoms with van der Waals surface area (Å²) in [6.45, 7) is 4.14. The van der Waals surface area contributed by atoms with Crippen molar-refractivity contribution in [3.05, 3.63) is 35.4 Å². The Morgan fingerprint density at radius 2 is 2.00 bits per heavy atom. The largest absolute Gasteiger partial charge is 0.390 e. The molecule has 1 aromatic carbocycles. The molecule has 88 valence electrons. The lowest BCUT2D eigenvalue weighted by Crippen LogP contribution is -2.28. The van der Waals surface area contributed by atoms with Gasteiger partial charge in [-0.2, -0.15) is 0 Å². The third-order valence-corrected chi connectivity index (χ3v) is 3.26. The van der Waals surface area contributed by atoms with Gasteiger partial charge < -0.3 is 9.84 Å². The summed E-state index contributed by atoms with van der Waals surface area (Å²) >= 11 is 0. The highest BCUT2D eigenvalue weighted by Gasteiger charge is 2.28. The van der Waals surface area contributed by atoms with Gasteiger partial charge in [0.05, 0.1) is 18.3 Å². The van der Waals surface area contributed by atoms with Crippen LogP contribution < -0.4 is 0 Å². The fourth-order valence-electron chi connectivity index (χ4n) is 2.21. The van der Waals surface area contributed by atoms with Gasteiger partial charge in [-0.15, -0.1) is 0 Å². The highest BCUT2D eigenvalue weighted by Crippen LogP contribution is 2.23. The molecule has 1 aromatic rings.